The van der Waals surface area contributed by atoms with Gasteiger partial charge in [0.15, 0.2) is 5.65 Å². The van der Waals surface area contributed by atoms with Crippen LogP contribution in [-0.4, -0.2) is 25.8 Å². The third kappa shape index (κ3) is 1.50. The molecule has 0 aromatic carbocycles. The van der Waals surface area contributed by atoms with Crippen molar-refractivity contribution in [2.24, 2.45) is 7.05 Å². The summed E-state index contributed by atoms with van der Waals surface area (Å²) in [5.74, 6) is -0.469. The van der Waals surface area contributed by atoms with E-state index in [2.05, 4.69) is 10.1 Å². The Hall–Kier alpha value is -1.91. The van der Waals surface area contributed by atoms with Gasteiger partial charge in [-0.1, -0.05) is 0 Å². The minimum Gasteiger partial charge on any atom is -0.478 e. The van der Waals surface area contributed by atoms with E-state index in [1.807, 2.05) is 6.92 Å². The van der Waals surface area contributed by atoms with Gasteiger partial charge in [-0.3, -0.25) is 4.68 Å². The molecule has 0 spiro atoms. The summed E-state index contributed by atoms with van der Waals surface area (Å²) in [6.45, 7) is 1.81. The maximum absolute atomic E-state index is 11.3. The quantitative estimate of drug-likeness (QED) is 0.856. The van der Waals surface area contributed by atoms with Crippen LogP contribution in [0.4, 0.5) is 0 Å². The molecule has 0 aliphatic heterocycles. The second kappa shape index (κ2) is 3.29. The van der Waals surface area contributed by atoms with Crippen LogP contribution in [-0.2, 0) is 7.05 Å². The van der Waals surface area contributed by atoms with Crippen LogP contribution in [0.2, 0.25) is 0 Å². The highest BCUT2D eigenvalue weighted by Gasteiger charge is 2.28. The molecule has 1 saturated carbocycles. The Balaban J connectivity index is 2.36. The van der Waals surface area contributed by atoms with Gasteiger partial charge >= 0.3 is 5.97 Å². The maximum atomic E-state index is 11.3. The van der Waals surface area contributed by atoms with Crippen molar-refractivity contribution in [3.63, 3.8) is 0 Å². The Morgan fingerprint density at radius 3 is 2.82 bits per heavy atom. The number of carboxylic acids is 1. The molecule has 1 aliphatic rings. The highest BCUT2D eigenvalue weighted by molar-refractivity contribution is 6.02. The molecule has 1 fully saturated rings. The van der Waals surface area contributed by atoms with Gasteiger partial charge in [0, 0.05) is 18.7 Å². The highest BCUT2D eigenvalue weighted by atomic mass is 16.4. The van der Waals surface area contributed by atoms with Gasteiger partial charge in [0.25, 0.3) is 0 Å². The van der Waals surface area contributed by atoms with Gasteiger partial charge in [0.1, 0.15) is 0 Å². The summed E-state index contributed by atoms with van der Waals surface area (Å²) in [5.41, 5.74) is 2.60. The average Bonchev–Trinajstić information content (AvgIpc) is 3.07. The second-order valence-electron chi connectivity index (χ2n) is 4.58. The predicted molar refractivity (Wildman–Crippen MR) is 62.2 cm³/mol. The Bertz CT molecular complexity index is 626. The fraction of sp³-hybridized carbons (Fsp3) is 0.417. The molecule has 2 aromatic rings. The molecule has 88 valence electrons. The number of nitrogens with zero attached hydrogens (tertiary/aromatic N) is 3. The number of aromatic nitrogens is 3. The first kappa shape index (κ1) is 10.3. The molecule has 0 radical (unpaired) electrons. The van der Waals surface area contributed by atoms with Crippen molar-refractivity contribution in [2.45, 2.75) is 25.7 Å². The predicted octanol–water partition coefficient (Wildman–Crippen LogP) is 1.85. The molecule has 2 heterocycles. The Labute approximate surface area is 98.1 Å². The van der Waals surface area contributed by atoms with Crippen molar-refractivity contribution in [2.75, 3.05) is 0 Å². The van der Waals surface area contributed by atoms with E-state index in [1.165, 1.54) is 0 Å². The fourth-order valence-electron chi connectivity index (χ4n) is 2.22. The highest BCUT2D eigenvalue weighted by Crippen LogP contribution is 2.40. The van der Waals surface area contributed by atoms with Gasteiger partial charge in [-0.05, 0) is 25.8 Å². The molecule has 1 N–H and O–H groups in total. The van der Waals surface area contributed by atoms with Crippen molar-refractivity contribution in [3.05, 3.63) is 23.0 Å². The Kier molecular flexibility index (Phi) is 1.98. The molecule has 0 atom stereocenters. The molecule has 5 heteroatoms. The molecule has 0 amide bonds. The largest absolute Gasteiger partial charge is 0.478 e. The van der Waals surface area contributed by atoms with Crippen LogP contribution in [0.5, 0.6) is 0 Å². The number of aromatic carboxylic acids is 1. The Morgan fingerprint density at radius 2 is 2.24 bits per heavy atom. The first-order valence-corrected chi connectivity index (χ1v) is 5.65. The van der Waals surface area contributed by atoms with Gasteiger partial charge in [-0.25, -0.2) is 9.78 Å². The molecular weight excluding hydrogens is 218 g/mol. The monoisotopic (exact) mass is 231 g/mol. The van der Waals surface area contributed by atoms with Gasteiger partial charge < -0.3 is 5.11 Å². The van der Waals surface area contributed by atoms with E-state index in [0.29, 0.717) is 22.5 Å². The van der Waals surface area contributed by atoms with Crippen LogP contribution < -0.4 is 0 Å². The lowest BCUT2D eigenvalue weighted by Gasteiger charge is -2.03. The number of pyridine rings is 1. The number of carboxylic acid groups (broad SMARTS) is 1. The number of fused-ring (bicyclic) bond motifs is 1. The van der Waals surface area contributed by atoms with Gasteiger partial charge in [-0.15, -0.1) is 0 Å². The van der Waals surface area contributed by atoms with Crippen LogP contribution >= 0.6 is 0 Å². The molecule has 1 aliphatic carbocycles. The number of hydrogen-bond donors (Lipinski definition) is 1. The number of carbonyl (C=O) groups is 1. The zero-order chi connectivity index (χ0) is 12.2. The van der Waals surface area contributed by atoms with Gasteiger partial charge in [0.05, 0.1) is 16.6 Å². The minimum atomic E-state index is -0.907. The third-order valence-electron chi connectivity index (χ3n) is 3.21. The van der Waals surface area contributed by atoms with Crippen molar-refractivity contribution >= 4 is 17.0 Å². The van der Waals surface area contributed by atoms with E-state index >= 15 is 0 Å². The zero-order valence-corrected chi connectivity index (χ0v) is 9.77. The summed E-state index contributed by atoms with van der Waals surface area (Å²) in [6.07, 6.45) is 2.21. The van der Waals surface area contributed by atoms with Crippen LogP contribution in [0, 0.1) is 6.92 Å². The maximum Gasteiger partial charge on any atom is 0.336 e. The Morgan fingerprint density at radius 1 is 1.53 bits per heavy atom. The molecular formula is C12H13N3O2. The van der Waals surface area contributed by atoms with Crippen molar-refractivity contribution in [1.29, 1.82) is 0 Å². The van der Waals surface area contributed by atoms with E-state index in [-0.39, 0.29) is 0 Å². The third-order valence-corrected chi connectivity index (χ3v) is 3.21. The van der Waals surface area contributed by atoms with Crippen LogP contribution in [0.15, 0.2) is 6.07 Å². The molecule has 2 aromatic heterocycles. The minimum absolute atomic E-state index is 0.322. The van der Waals surface area contributed by atoms with Crippen molar-refractivity contribution < 1.29 is 9.90 Å². The van der Waals surface area contributed by atoms with E-state index in [1.54, 1.807) is 17.8 Å². The van der Waals surface area contributed by atoms with Crippen LogP contribution in [0.3, 0.4) is 0 Å². The van der Waals surface area contributed by atoms with E-state index in [9.17, 15) is 9.90 Å². The molecule has 0 unspecified atom stereocenters. The fourth-order valence-corrected chi connectivity index (χ4v) is 2.22. The molecule has 3 rings (SSSR count). The summed E-state index contributed by atoms with van der Waals surface area (Å²) < 4.78 is 1.66. The topological polar surface area (TPSA) is 68.0 Å². The lowest BCUT2D eigenvalue weighted by Crippen LogP contribution is -2.02. The van der Waals surface area contributed by atoms with E-state index in [0.717, 1.165) is 24.2 Å². The molecule has 17 heavy (non-hydrogen) atoms. The van der Waals surface area contributed by atoms with Gasteiger partial charge in [0.2, 0.25) is 0 Å². The summed E-state index contributed by atoms with van der Waals surface area (Å²) in [5, 5.41) is 14.2. The van der Waals surface area contributed by atoms with Gasteiger partial charge in [-0.2, -0.15) is 5.10 Å². The molecule has 0 saturated heterocycles. The van der Waals surface area contributed by atoms with Crippen LogP contribution in [0.25, 0.3) is 11.0 Å². The summed E-state index contributed by atoms with van der Waals surface area (Å²) >= 11 is 0. The molecule has 5 nitrogen and oxygen atoms in total. The lowest BCUT2D eigenvalue weighted by molar-refractivity contribution is 0.0699. The number of aryl methyl sites for hydroxylation is 2. The number of hydrogen-bond acceptors (Lipinski definition) is 3. The molecule has 0 bridgehead atoms. The summed E-state index contributed by atoms with van der Waals surface area (Å²) in [4.78, 5) is 15.8. The smallest absolute Gasteiger partial charge is 0.336 e. The summed E-state index contributed by atoms with van der Waals surface area (Å²) in [7, 11) is 1.80. The van der Waals surface area contributed by atoms with E-state index < -0.39 is 5.97 Å². The lowest BCUT2D eigenvalue weighted by atomic mass is 10.1. The van der Waals surface area contributed by atoms with Crippen molar-refractivity contribution in [1.82, 2.24) is 14.8 Å². The normalized spacial score (nSPS) is 15.4. The summed E-state index contributed by atoms with van der Waals surface area (Å²) in [6, 6.07) is 1.71. The van der Waals surface area contributed by atoms with E-state index in [4.69, 9.17) is 0 Å². The van der Waals surface area contributed by atoms with Crippen LogP contribution in [0.1, 0.15) is 40.5 Å². The SMILES string of the molecule is Cc1nn(C)c2nc(C3CC3)cc(C(=O)O)c12. The standard InChI is InChI=1S/C12H13N3O2/c1-6-10-8(12(16)17)5-9(7-3-4-7)13-11(10)15(2)14-6/h5,7H,3-4H2,1-2H3,(H,16,17). The van der Waals surface area contributed by atoms with Crippen molar-refractivity contribution in [3.8, 4) is 0 Å². The zero-order valence-electron chi connectivity index (χ0n) is 9.77. The number of rotatable bonds is 2. The second-order valence-corrected chi connectivity index (χ2v) is 4.58. The average molecular weight is 231 g/mol. The first-order valence-electron chi connectivity index (χ1n) is 5.65. The first-order chi connectivity index (χ1) is 8.08.